The maximum atomic E-state index is 13.0. The Balaban J connectivity index is 1.78. The van der Waals surface area contributed by atoms with Gasteiger partial charge in [0.05, 0.1) is 17.7 Å². The first-order valence-corrected chi connectivity index (χ1v) is 7.56. The average Bonchev–Trinajstić information content (AvgIpc) is 2.90. The topological polar surface area (TPSA) is 49.3 Å². The van der Waals surface area contributed by atoms with Gasteiger partial charge in [0.15, 0.2) is 0 Å². The number of benzene rings is 2. The number of aliphatic hydroxyl groups is 1. The highest BCUT2D eigenvalue weighted by atomic mass is 19.4. The Morgan fingerprint density at radius 2 is 1.79 bits per heavy atom. The molecule has 2 aromatic carbocycles. The molecule has 24 heavy (non-hydrogen) atoms. The number of hydrogen-bond acceptors (Lipinski definition) is 2. The molecule has 3 rings (SSSR count). The first-order chi connectivity index (χ1) is 11.3. The molecule has 0 aromatic heterocycles. The van der Waals surface area contributed by atoms with Crippen LogP contribution in [0.5, 0.6) is 0 Å². The van der Waals surface area contributed by atoms with Crippen LogP contribution >= 0.6 is 0 Å². The largest absolute Gasteiger partial charge is 0.417 e. The van der Waals surface area contributed by atoms with E-state index < -0.39 is 28.8 Å². The van der Waals surface area contributed by atoms with Crippen LogP contribution in [0.2, 0.25) is 0 Å². The number of alkyl halides is 3. The third kappa shape index (κ3) is 3.01. The fraction of sp³-hybridized carbons (Fsp3) is 0.278. The Hall–Kier alpha value is -2.34. The summed E-state index contributed by atoms with van der Waals surface area (Å²) in [5, 5.41) is 13.2. The molecular formula is C18H16F3NO2. The number of carbonyl (C=O) groups is 1. The quantitative estimate of drug-likeness (QED) is 0.904. The van der Waals surface area contributed by atoms with Crippen LogP contribution in [-0.4, -0.2) is 17.6 Å². The van der Waals surface area contributed by atoms with Crippen molar-refractivity contribution in [1.82, 2.24) is 5.32 Å². The molecule has 2 aromatic rings. The van der Waals surface area contributed by atoms with Crippen LogP contribution in [0.1, 0.15) is 33.5 Å². The standard InChI is InChI=1S/C18H16F3NO2/c19-18(20,21)15-8-4-2-6-13(15)16(23)22-11-17(24)10-9-12-5-1-3-7-14(12)17/h1-8,24H,9-11H2,(H,22,23). The van der Waals surface area contributed by atoms with Crippen molar-refractivity contribution in [3.05, 3.63) is 70.8 Å². The predicted octanol–water partition coefficient (Wildman–Crippen LogP) is 3.27. The summed E-state index contributed by atoms with van der Waals surface area (Å²) in [7, 11) is 0. The second kappa shape index (κ2) is 5.94. The Morgan fingerprint density at radius 3 is 2.54 bits per heavy atom. The van der Waals surface area contributed by atoms with Gasteiger partial charge in [-0.2, -0.15) is 13.2 Å². The summed E-state index contributed by atoms with van der Waals surface area (Å²) >= 11 is 0. The number of hydrogen-bond donors (Lipinski definition) is 2. The minimum Gasteiger partial charge on any atom is -0.383 e. The summed E-state index contributed by atoms with van der Waals surface area (Å²) in [5.41, 5.74) is -0.972. The van der Waals surface area contributed by atoms with E-state index in [1.807, 2.05) is 12.1 Å². The number of aryl methyl sites for hydroxylation is 1. The van der Waals surface area contributed by atoms with Gasteiger partial charge in [-0.1, -0.05) is 36.4 Å². The molecule has 1 unspecified atom stereocenters. The molecule has 1 amide bonds. The van der Waals surface area contributed by atoms with Gasteiger partial charge < -0.3 is 10.4 Å². The van der Waals surface area contributed by atoms with Crippen LogP contribution < -0.4 is 5.32 Å². The van der Waals surface area contributed by atoms with E-state index in [4.69, 9.17) is 0 Å². The molecule has 1 aliphatic carbocycles. The van der Waals surface area contributed by atoms with E-state index in [1.54, 1.807) is 12.1 Å². The Kier molecular flexibility index (Phi) is 4.09. The van der Waals surface area contributed by atoms with Crippen molar-refractivity contribution in [2.45, 2.75) is 24.6 Å². The fourth-order valence-electron chi connectivity index (χ4n) is 3.10. The number of carbonyl (C=O) groups excluding carboxylic acids is 1. The lowest BCUT2D eigenvalue weighted by Gasteiger charge is -2.24. The van der Waals surface area contributed by atoms with Gasteiger partial charge >= 0.3 is 6.18 Å². The molecule has 3 nitrogen and oxygen atoms in total. The zero-order chi connectivity index (χ0) is 17.4. The first-order valence-electron chi connectivity index (χ1n) is 7.56. The van der Waals surface area contributed by atoms with Crippen LogP contribution in [0, 0.1) is 0 Å². The van der Waals surface area contributed by atoms with E-state index in [0.717, 1.165) is 23.3 Å². The normalized spacial score (nSPS) is 19.8. The molecular weight excluding hydrogens is 319 g/mol. The molecule has 0 saturated carbocycles. The lowest BCUT2D eigenvalue weighted by molar-refractivity contribution is -0.137. The van der Waals surface area contributed by atoms with Crippen LogP contribution in [0.4, 0.5) is 13.2 Å². The van der Waals surface area contributed by atoms with Crippen molar-refractivity contribution in [2.75, 3.05) is 6.54 Å². The molecule has 126 valence electrons. The SMILES string of the molecule is O=C(NCC1(O)CCc2ccccc21)c1ccccc1C(F)(F)F. The van der Waals surface area contributed by atoms with Crippen molar-refractivity contribution in [1.29, 1.82) is 0 Å². The molecule has 0 bridgehead atoms. The van der Waals surface area contributed by atoms with Gasteiger partial charge in [-0.05, 0) is 36.1 Å². The lowest BCUT2D eigenvalue weighted by Crippen LogP contribution is -2.39. The molecule has 2 N–H and O–H groups in total. The van der Waals surface area contributed by atoms with Crippen molar-refractivity contribution >= 4 is 5.91 Å². The molecule has 1 atom stereocenters. The molecule has 0 aliphatic heterocycles. The smallest absolute Gasteiger partial charge is 0.383 e. The second-order valence-electron chi connectivity index (χ2n) is 5.91. The Morgan fingerprint density at radius 1 is 1.12 bits per heavy atom. The summed E-state index contributed by atoms with van der Waals surface area (Å²) in [4.78, 5) is 12.2. The summed E-state index contributed by atoms with van der Waals surface area (Å²) in [6, 6.07) is 11.9. The van der Waals surface area contributed by atoms with Gasteiger partial charge in [0.2, 0.25) is 0 Å². The van der Waals surface area contributed by atoms with E-state index in [1.165, 1.54) is 12.1 Å². The van der Waals surface area contributed by atoms with Crippen molar-refractivity contribution in [3.63, 3.8) is 0 Å². The summed E-state index contributed by atoms with van der Waals surface area (Å²) in [6.45, 7) is -0.130. The summed E-state index contributed by atoms with van der Waals surface area (Å²) in [6.07, 6.45) is -3.51. The van der Waals surface area contributed by atoms with E-state index >= 15 is 0 Å². The van der Waals surface area contributed by atoms with E-state index in [9.17, 15) is 23.1 Å². The third-order valence-corrected chi connectivity index (χ3v) is 4.35. The predicted molar refractivity (Wildman–Crippen MR) is 82.4 cm³/mol. The molecule has 0 fully saturated rings. The van der Waals surface area contributed by atoms with E-state index in [0.29, 0.717) is 12.8 Å². The first kappa shape index (κ1) is 16.5. The molecule has 0 heterocycles. The monoisotopic (exact) mass is 335 g/mol. The maximum Gasteiger partial charge on any atom is 0.417 e. The average molecular weight is 335 g/mol. The van der Waals surface area contributed by atoms with Crippen molar-refractivity contribution < 1.29 is 23.1 Å². The number of halogens is 3. The van der Waals surface area contributed by atoms with Crippen molar-refractivity contribution in [3.8, 4) is 0 Å². The van der Waals surface area contributed by atoms with Gasteiger partial charge in [0.25, 0.3) is 5.91 Å². The lowest BCUT2D eigenvalue weighted by atomic mass is 9.95. The molecule has 0 radical (unpaired) electrons. The molecule has 0 saturated heterocycles. The van der Waals surface area contributed by atoms with Gasteiger partial charge in [-0.15, -0.1) is 0 Å². The minimum atomic E-state index is -4.61. The number of rotatable bonds is 3. The second-order valence-corrected chi connectivity index (χ2v) is 5.91. The summed E-state index contributed by atoms with van der Waals surface area (Å²) in [5.74, 6) is -0.847. The Labute approximate surface area is 137 Å². The highest BCUT2D eigenvalue weighted by Crippen LogP contribution is 2.36. The van der Waals surface area contributed by atoms with E-state index in [2.05, 4.69) is 5.32 Å². The molecule has 0 spiro atoms. The third-order valence-electron chi connectivity index (χ3n) is 4.35. The zero-order valence-corrected chi connectivity index (χ0v) is 12.7. The number of nitrogens with one attached hydrogen (secondary N) is 1. The van der Waals surface area contributed by atoms with Crippen molar-refractivity contribution in [2.24, 2.45) is 0 Å². The Bertz CT molecular complexity index is 773. The number of fused-ring (bicyclic) bond motifs is 1. The highest BCUT2D eigenvalue weighted by molar-refractivity contribution is 5.95. The number of amides is 1. The van der Waals surface area contributed by atoms with Crippen LogP contribution in [0.15, 0.2) is 48.5 Å². The maximum absolute atomic E-state index is 13.0. The molecule has 1 aliphatic rings. The van der Waals surface area contributed by atoms with Gasteiger partial charge in [-0.3, -0.25) is 4.79 Å². The van der Waals surface area contributed by atoms with Crippen LogP contribution in [0.25, 0.3) is 0 Å². The molecule has 6 heteroatoms. The summed E-state index contributed by atoms with van der Waals surface area (Å²) < 4.78 is 39.0. The van der Waals surface area contributed by atoms with Gasteiger partial charge in [-0.25, -0.2) is 0 Å². The van der Waals surface area contributed by atoms with Crippen LogP contribution in [-0.2, 0) is 18.2 Å². The van der Waals surface area contributed by atoms with E-state index in [-0.39, 0.29) is 6.54 Å². The van der Waals surface area contributed by atoms with Gasteiger partial charge in [0.1, 0.15) is 5.60 Å². The highest BCUT2D eigenvalue weighted by Gasteiger charge is 2.38. The fourth-order valence-corrected chi connectivity index (χ4v) is 3.10. The van der Waals surface area contributed by atoms with Crippen LogP contribution in [0.3, 0.4) is 0 Å². The zero-order valence-electron chi connectivity index (χ0n) is 12.7. The van der Waals surface area contributed by atoms with Gasteiger partial charge in [0, 0.05) is 0 Å². The minimum absolute atomic E-state index is 0.130.